The first-order valence-corrected chi connectivity index (χ1v) is 23.5. The number of hydrogen-bond acceptors (Lipinski definition) is 1. The molecule has 10 aromatic rings. The second kappa shape index (κ2) is 14.4. The highest BCUT2D eigenvalue weighted by Crippen LogP contribution is 2.52. The van der Waals surface area contributed by atoms with E-state index >= 15 is 0 Å². The third kappa shape index (κ3) is 5.80. The zero-order valence-corrected chi connectivity index (χ0v) is 37.9. The topological polar surface area (TPSA) is 8.17 Å². The lowest BCUT2D eigenvalue weighted by Crippen LogP contribution is -2.19. The number of benzene rings is 9. The van der Waals surface area contributed by atoms with E-state index in [9.17, 15) is 0 Å². The van der Waals surface area contributed by atoms with Gasteiger partial charge in [0.2, 0.25) is 0 Å². The van der Waals surface area contributed by atoms with Crippen LogP contribution in [0.3, 0.4) is 0 Å². The minimum atomic E-state index is -0.0382. The van der Waals surface area contributed by atoms with E-state index in [1.54, 1.807) is 0 Å². The van der Waals surface area contributed by atoms with Crippen LogP contribution in [0, 0.1) is 0 Å². The third-order valence-corrected chi connectivity index (χ3v) is 15.3. The van der Waals surface area contributed by atoms with Crippen molar-refractivity contribution in [3.05, 3.63) is 246 Å². The van der Waals surface area contributed by atoms with Crippen LogP contribution < -0.4 is 4.90 Å². The summed E-state index contributed by atoms with van der Waals surface area (Å²) in [7, 11) is 0. The fraction of sp³-hybridized carbons (Fsp3) is 0.125. The largest absolute Gasteiger partial charge is 0.333 e. The second-order valence-electron chi connectivity index (χ2n) is 19.7. The van der Waals surface area contributed by atoms with E-state index in [1.165, 1.54) is 111 Å². The van der Waals surface area contributed by atoms with Gasteiger partial charge in [-0.1, -0.05) is 185 Å². The van der Waals surface area contributed by atoms with E-state index in [0.717, 1.165) is 12.1 Å². The molecule has 0 bridgehead atoms. The molecule has 9 aromatic carbocycles. The molecule has 0 spiro atoms. The molecule has 1 atom stereocenters. The molecule has 0 amide bonds. The molecule has 13 rings (SSSR count). The van der Waals surface area contributed by atoms with Crippen molar-refractivity contribution in [2.24, 2.45) is 0 Å². The van der Waals surface area contributed by atoms with Crippen molar-refractivity contribution in [1.29, 1.82) is 0 Å². The van der Waals surface area contributed by atoms with Gasteiger partial charge in [-0.05, 0) is 144 Å². The van der Waals surface area contributed by atoms with Crippen molar-refractivity contribution < 1.29 is 0 Å². The number of fused-ring (bicyclic) bond motifs is 8. The third-order valence-electron chi connectivity index (χ3n) is 15.3. The predicted molar refractivity (Wildman–Crippen MR) is 276 cm³/mol. The number of rotatable bonds is 6. The Morgan fingerprint density at radius 3 is 1.45 bits per heavy atom. The average molecular weight is 847 g/mol. The van der Waals surface area contributed by atoms with Gasteiger partial charge < -0.3 is 9.47 Å². The molecule has 2 heteroatoms. The maximum absolute atomic E-state index is 2.58. The van der Waals surface area contributed by atoms with Gasteiger partial charge in [0.1, 0.15) is 0 Å². The molecule has 316 valence electrons. The number of nitrogens with zero attached hydrogens (tertiary/aromatic N) is 2. The Labute approximate surface area is 388 Å². The smallest absolute Gasteiger partial charge is 0.0632 e. The van der Waals surface area contributed by atoms with Gasteiger partial charge in [-0.3, -0.25) is 0 Å². The lowest BCUT2D eigenvalue weighted by atomic mass is 9.81. The van der Waals surface area contributed by atoms with Crippen molar-refractivity contribution in [3.8, 4) is 61.5 Å². The molecule has 2 nitrogen and oxygen atoms in total. The van der Waals surface area contributed by atoms with Gasteiger partial charge in [0, 0.05) is 33.3 Å². The lowest BCUT2D eigenvalue weighted by molar-refractivity contribution is 0.660. The van der Waals surface area contributed by atoms with Crippen LogP contribution in [0.5, 0.6) is 0 Å². The van der Waals surface area contributed by atoms with E-state index in [0.29, 0.717) is 0 Å². The fourth-order valence-electron chi connectivity index (χ4n) is 11.9. The SMILES string of the molecule is CC1(C)c2ccccc2-c2ccc(-c3ccc(N4c5cc6cc(-c7ccccc7)n(-c7ccc(-c8ccc9c(c8)C(C)(C)c8ccccc8-9)cc7)c6cc5CC4c4ccccc4)cc3)cc21. The first-order valence-electron chi connectivity index (χ1n) is 23.5. The van der Waals surface area contributed by atoms with E-state index in [4.69, 9.17) is 0 Å². The van der Waals surface area contributed by atoms with Gasteiger partial charge in [0.25, 0.3) is 0 Å². The second-order valence-corrected chi connectivity index (χ2v) is 19.7. The Bertz CT molecular complexity index is 3530. The van der Waals surface area contributed by atoms with Crippen molar-refractivity contribution >= 4 is 22.3 Å². The van der Waals surface area contributed by atoms with Crippen molar-refractivity contribution in [3.63, 3.8) is 0 Å². The Balaban J connectivity index is 0.888. The standard InChI is InChI=1S/C64H50N2/c1-63(2)55-21-13-11-19-51(55)53-33-27-45(35-57(53)63)41-23-29-49(30-24-41)65-59(43-15-7-5-8-16-43)37-47-40-62-48(39-61(47)65)38-60(44-17-9-6-10-18-44)66(62)50-31-25-42(26-32-50)46-28-34-54-52-20-12-14-22-56(52)64(3,4)58(54)36-46/h5-37,39-40,60H,38H2,1-4H3. The van der Waals surface area contributed by atoms with Crippen molar-refractivity contribution in [1.82, 2.24) is 4.57 Å². The minimum absolute atomic E-state index is 0.0354. The van der Waals surface area contributed by atoms with Gasteiger partial charge in [0.15, 0.2) is 0 Å². The minimum Gasteiger partial charge on any atom is -0.333 e. The number of anilines is 2. The Morgan fingerprint density at radius 2 is 0.879 bits per heavy atom. The van der Waals surface area contributed by atoms with Crippen LogP contribution in [0.25, 0.3) is 72.4 Å². The molecule has 0 fully saturated rings. The summed E-state index contributed by atoms with van der Waals surface area (Å²) in [4.78, 5) is 2.58. The van der Waals surface area contributed by atoms with Crippen LogP contribution in [0.2, 0.25) is 0 Å². The van der Waals surface area contributed by atoms with E-state index in [2.05, 4.69) is 249 Å². The lowest BCUT2D eigenvalue weighted by Gasteiger charge is -2.28. The summed E-state index contributed by atoms with van der Waals surface area (Å²) >= 11 is 0. The van der Waals surface area contributed by atoms with Gasteiger partial charge >= 0.3 is 0 Å². The van der Waals surface area contributed by atoms with Gasteiger partial charge in [-0.25, -0.2) is 0 Å². The highest BCUT2D eigenvalue weighted by atomic mass is 15.2. The van der Waals surface area contributed by atoms with E-state index in [-0.39, 0.29) is 16.9 Å². The summed E-state index contributed by atoms with van der Waals surface area (Å²) < 4.78 is 2.47. The molecule has 1 aromatic heterocycles. The van der Waals surface area contributed by atoms with Crippen LogP contribution in [-0.2, 0) is 17.3 Å². The molecular weight excluding hydrogens is 797 g/mol. The Kier molecular flexibility index (Phi) is 8.46. The summed E-state index contributed by atoms with van der Waals surface area (Å²) in [5.74, 6) is 0. The number of aromatic nitrogens is 1. The molecule has 0 radical (unpaired) electrons. The summed E-state index contributed by atoms with van der Waals surface area (Å²) in [6.45, 7) is 9.43. The Morgan fingerprint density at radius 1 is 0.394 bits per heavy atom. The zero-order valence-electron chi connectivity index (χ0n) is 37.9. The molecule has 66 heavy (non-hydrogen) atoms. The quantitative estimate of drug-likeness (QED) is 0.162. The predicted octanol–water partition coefficient (Wildman–Crippen LogP) is 16.7. The van der Waals surface area contributed by atoms with Crippen molar-refractivity contribution in [2.75, 3.05) is 4.90 Å². The van der Waals surface area contributed by atoms with Crippen LogP contribution in [-0.4, -0.2) is 4.57 Å². The van der Waals surface area contributed by atoms with Crippen LogP contribution in [0.1, 0.15) is 67.1 Å². The molecular formula is C64H50N2. The summed E-state index contributed by atoms with van der Waals surface area (Å²) in [5.41, 5.74) is 25.9. The van der Waals surface area contributed by atoms with Gasteiger partial charge in [0.05, 0.1) is 17.3 Å². The van der Waals surface area contributed by atoms with Crippen LogP contribution in [0.15, 0.2) is 212 Å². The highest BCUT2D eigenvalue weighted by molar-refractivity contribution is 5.95. The van der Waals surface area contributed by atoms with Crippen LogP contribution >= 0.6 is 0 Å². The monoisotopic (exact) mass is 846 g/mol. The first-order chi connectivity index (χ1) is 32.2. The molecule has 2 aliphatic carbocycles. The maximum Gasteiger partial charge on any atom is 0.0632 e. The molecule has 0 saturated carbocycles. The molecule has 3 aliphatic rings. The fourth-order valence-corrected chi connectivity index (χ4v) is 11.9. The molecule has 1 unspecified atom stereocenters. The maximum atomic E-state index is 2.58. The first kappa shape index (κ1) is 38.8. The van der Waals surface area contributed by atoms with E-state index in [1.807, 2.05) is 0 Å². The average Bonchev–Trinajstić information content (AvgIpc) is 4.06. The molecule has 1 aliphatic heterocycles. The number of hydrogen-bond donors (Lipinski definition) is 0. The zero-order chi connectivity index (χ0) is 44.3. The normalized spacial score (nSPS) is 15.9. The summed E-state index contributed by atoms with van der Waals surface area (Å²) in [5, 5.41) is 1.23. The molecule has 0 N–H and O–H groups in total. The van der Waals surface area contributed by atoms with Crippen LogP contribution in [0.4, 0.5) is 11.4 Å². The van der Waals surface area contributed by atoms with Gasteiger partial charge in [-0.2, -0.15) is 0 Å². The molecule has 0 saturated heterocycles. The summed E-state index contributed by atoms with van der Waals surface area (Å²) in [6, 6.07) is 79.8. The summed E-state index contributed by atoms with van der Waals surface area (Å²) in [6.07, 6.45) is 0.917. The van der Waals surface area contributed by atoms with E-state index < -0.39 is 0 Å². The van der Waals surface area contributed by atoms with Crippen molar-refractivity contribution in [2.45, 2.75) is 51.0 Å². The Hall–Kier alpha value is -7.68. The molecule has 2 heterocycles. The highest BCUT2D eigenvalue weighted by Gasteiger charge is 2.37. The van der Waals surface area contributed by atoms with Gasteiger partial charge in [-0.15, -0.1) is 0 Å².